The number of hydrogen-bond acceptors (Lipinski definition) is 5. The summed E-state index contributed by atoms with van der Waals surface area (Å²) in [5.74, 6) is 1.88. The SMILES string of the molecule is Cc1nc(NCCCCC(=O)Oc2ccccc2)c2[nH]c(-c3ccccc3)cc2n1. The molecule has 2 aromatic carbocycles. The third-order valence-corrected chi connectivity index (χ3v) is 4.75. The number of nitrogens with zero attached hydrogens (tertiary/aromatic N) is 2. The van der Waals surface area contributed by atoms with Crippen LogP contribution in [-0.2, 0) is 4.79 Å². The van der Waals surface area contributed by atoms with Gasteiger partial charge in [-0.2, -0.15) is 0 Å². The lowest BCUT2D eigenvalue weighted by Crippen LogP contribution is -2.10. The van der Waals surface area contributed by atoms with Crippen LogP contribution in [0.4, 0.5) is 5.82 Å². The van der Waals surface area contributed by atoms with Crippen molar-refractivity contribution in [3.8, 4) is 17.0 Å². The fraction of sp³-hybridized carbons (Fsp3) is 0.208. The Labute approximate surface area is 175 Å². The number of carbonyl (C=O) groups excluding carboxylic acids is 1. The lowest BCUT2D eigenvalue weighted by atomic mass is 10.2. The van der Waals surface area contributed by atoms with Crippen molar-refractivity contribution in [3.05, 3.63) is 72.6 Å². The van der Waals surface area contributed by atoms with Crippen LogP contribution in [0.3, 0.4) is 0 Å². The summed E-state index contributed by atoms with van der Waals surface area (Å²) in [4.78, 5) is 24.5. The molecule has 0 aliphatic rings. The number of aromatic nitrogens is 3. The maximum Gasteiger partial charge on any atom is 0.311 e. The molecule has 0 spiro atoms. The summed E-state index contributed by atoms with van der Waals surface area (Å²) in [7, 11) is 0. The first kappa shape index (κ1) is 19.6. The molecule has 0 bridgehead atoms. The summed E-state index contributed by atoms with van der Waals surface area (Å²) >= 11 is 0. The molecule has 4 aromatic rings. The van der Waals surface area contributed by atoms with Crippen LogP contribution in [0.2, 0.25) is 0 Å². The average molecular weight is 400 g/mol. The minimum Gasteiger partial charge on any atom is -0.427 e. The summed E-state index contributed by atoms with van der Waals surface area (Å²) in [6.45, 7) is 2.60. The molecule has 0 radical (unpaired) electrons. The molecule has 4 rings (SSSR count). The van der Waals surface area contributed by atoms with Gasteiger partial charge in [0, 0.05) is 18.7 Å². The van der Waals surface area contributed by atoms with E-state index in [-0.39, 0.29) is 5.97 Å². The van der Waals surface area contributed by atoms with Crippen LogP contribution < -0.4 is 10.1 Å². The van der Waals surface area contributed by atoms with E-state index in [2.05, 4.69) is 32.4 Å². The van der Waals surface area contributed by atoms with E-state index < -0.39 is 0 Å². The van der Waals surface area contributed by atoms with E-state index in [1.807, 2.05) is 49.4 Å². The van der Waals surface area contributed by atoms with E-state index in [4.69, 9.17) is 4.74 Å². The first-order valence-electron chi connectivity index (χ1n) is 10.1. The van der Waals surface area contributed by atoms with Crippen LogP contribution in [0.1, 0.15) is 25.1 Å². The highest BCUT2D eigenvalue weighted by atomic mass is 16.5. The maximum absolute atomic E-state index is 11.9. The Hall–Kier alpha value is -3.67. The molecule has 6 heteroatoms. The van der Waals surface area contributed by atoms with Gasteiger partial charge in [-0.1, -0.05) is 48.5 Å². The Bertz CT molecular complexity index is 1120. The predicted octanol–water partition coefficient (Wildman–Crippen LogP) is 5.12. The molecular weight excluding hydrogens is 376 g/mol. The number of aryl methyl sites for hydroxylation is 1. The van der Waals surface area contributed by atoms with Crippen molar-refractivity contribution in [1.82, 2.24) is 15.0 Å². The molecule has 2 N–H and O–H groups in total. The Balaban J connectivity index is 1.33. The number of para-hydroxylation sites is 1. The van der Waals surface area contributed by atoms with Crippen molar-refractivity contribution in [2.75, 3.05) is 11.9 Å². The molecule has 30 heavy (non-hydrogen) atoms. The number of nitrogens with one attached hydrogen (secondary N) is 2. The molecule has 152 valence electrons. The Morgan fingerprint density at radius 1 is 1.00 bits per heavy atom. The molecular formula is C24H24N4O2. The second kappa shape index (κ2) is 9.22. The van der Waals surface area contributed by atoms with Gasteiger partial charge in [-0.3, -0.25) is 4.79 Å². The van der Waals surface area contributed by atoms with Crippen LogP contribution >= 0.6 is 0 Å². The highest BCUT2D eigenvalue weighted by Gasteiger charge is 2.11. The molecule has 2 heterocycles. The molecule has 0 fully saturated rings. The third-order valence-electron chi connectivity index (χ3n) is 4.75. The molecule has 0 atom stereocenters. The number of rotatable bonds is 8. The van der Waals surface area contributed by atoms with Crippen LogP contribution in [0.25, 0.3) is 22.3 Å². The predicted molar refractivity (Wildman–Crippen MR) is 118 cm³/mol. The van der Waals surface area contributed by atoms with Crippen LogP contribution in [0, 0.1) is 6.92 Å². The minimum absolute atomic E-state index is 0.210. The maximum atomic E-state index is 11.9. The zero-order valence-corrected chi connectivity index (χ0v) is 16.9. The summed E-state index contributed by atoms with van der Waals surface area (Å²) in [6.07, 6.45) is 1.96. The Morgan fingerprint density at radius 3 is 2.50 bits per heavy atom. The zero-order valence-electron chi connectivity index (χ0n) is 16.9. The number of H-pyrrole nitrogens is 1. The van der Waals surface area contributed by atoms with Gasteiger partial charge in [0.1, 0.15) is 17.1 Å². The van der Waals surface area contributed by atoms with Gasteiger partial charge in [-0.25, -0.2) is 9.97 Å². The summed E-state index contributed by atoms with van der Waals surface area (Å²) < 4.78 is 5.31. The van der Waals surface area contributed by atoms with Gasteiger partial charge in [0.05, 0.1) is 5.52 Å². The first-order valence-corrected chi connectivity index (χ1v) is 10.1. The average Bonchev–Trinajstić information content (AvgIpc) is 3.19. The van der Waals surface area contributed by atoms with Crippen molar-refractivity contribution >= 4 is 22.8 Å². The summed E-state index contributed by atoms with van der Waals surface area (Å²) in [5, 5.41) is 3.38. The van der Waals surface area contributed by atoms with E-state index in [1.54, 1.807) is 12.1 Å². The van der Waals surface area contributed by atoms with E-state index in [9.17, 15) is 4.79 Å². The van der Waals surface area contributed by atoms with Crippen molar-refractivity contribution in [2.24, 2.45) is 0 Å². The largest absolute Gasteiger partial charge is 0.427 e. The first-order chi connectivity index (χ1) is 14.7. The van der Waals surface area contributed by atoms with Crippen molar-refractivity contribution in [1.29, 1.82) is 0 Å². The number of anilines is 1. The lowest BCUT2D eigenvalue weighted by molar-refractivity contribution is -0.134. The molecule has 0 saturated carbocycles. The zero-order chi connectivity index (χ0) is 20.8. The van der Waals surface area contributed by atoms with Gasteiger partial charge < -0.3 is 15.0 Å². The number of esters is 1. The van der Waals surface area contributed by atoms with Gasteiger partial charge in [0.2, 0.25) is 0 Å². The van der Waals surface area contributed by atoms with Gasteiger partial charge >= 0.3 is 5.97 Å². The highest BCUT2D eigenvalue weighted by molar-refractivity contribution is 5.90. The van der Waals surface area contributed by atoms with E-state index in [0.29, 0.717) is 18.7 Å². The van der Waals surface area contributed by atoms with Gasteiger partial charge in [0.25, 0.3) is 0 Å². The molecule has 0 amide bonds. The van der Waals surface area contributed by atoms with E-state index in [0.717, 1.165) is 46.8 Å². The topological polar surface area (TPSA) is 79.9 Å². The number of fused-ring (bicyclic) bond motifs is 1. The summed E-state index contributed by atoms with van der Waals surface area (Å²) in [5.41, 5.74) is 3.89. The van der Waals surface area contributed by atoms with Gasteiger partial charge in [-0.05, 0) is 43.5 Å². The van der Waals surface area contributed by atoms with Crippen LogP contribution in [0.15, 0.2) is 66.7 Å². The monoisotopic (exact) mass is 400 g/mol. The number of carbonyl (C=O) groups is 1. The number of aromatic amines is 1. The van der Waals surface area contributed by atoms with Gasteiger partial charge in [-0.15, -0.1) is 0 Å². The number of benzene rings is 2. The van der Waals surface area contributed by atoms with Crippen LogP contribution in [-0.4, -0.2) is 27.5 Å². The Kier molecular flexibility index (Phi) is 6.03. The third kappa shape index (κ3) is 4.84. The molecule has 0 aliphatic heterocycles. The molecule has 0 unspecified atom stereocenters. The molecule has 0 saturated heterocycles. The smallest absolute Gasteiger partial charge is 0.311 e. The van der Waals surface area contributed by atoms with Crippen molar-refractivity contribution < 1.29 is 9.53 Å². The van der Waals surface area contributed by atoms with Gasteiger partial charge in [0.15, 0.2) is 5.82 Å². The quantitative estimate of drug-likeness (QED) is 0.244. The fourth-order valence-electron chi connectivity index (χ4n) is 3.30. The highest BCUT2D eigenvalue weighted by Crippen LogP contribution is 2.26. The summed E-state index contributed by atoms with van der Waals surface area (Å²) in [6, 6.07) is 21.3. The fourth-order valence-corrected chi connectivity index (χ4v) is 3.30. The number of hydrogen-bond donors (Lipinski definition) is 2. The van der Waals surface area contributed by atoms with E-state index in [1.165, 1.54) is 0 Å². The lowest BCUT2D eigenvalue weighted by Gasteiger charge is -2.08. The number of ether oxygens (including phenoxy) is 1. The Morgan fingerprint density at radius 2 is 1.73 bits per heavy atom. The number of unbranched alkanes of at least 4 members (excludes halogenated alkanes) is 1. The molecule has 2 aromatic heterocycles. The molecule has 0 aliphatic carbocycles. The second-order valence-corrected chi connectivity index (χ2v) is 7.10. The van der Waals surface area contributed by atoms with E-state index >= 15 is 0 Å². The standard InChI is InChI=1S/C24H24N4O2/c1-17-26-21-16-20(18-10-4-2-5-11-18)28-23(21)24(27-17)25-15-9-8-14-22(29)30-19-12-6-3-7-13-19/h2-7,10-13,16,28H,8-9,14-15H2,1H3,(H,25,26,27). The van der Waals surface area contributed by atoms with Crippen molar-refractivity contribution in [3.63, 3.8) is 0 Å². The molecule has 6 nitrogen and oxygen atoms in total. The normalized spacial score (nSPS) is 10.8. The second-order valence-electron chi connectivity index (χ2n) is 7.10. The van der Waals surface area contributed by atoms with Crippen LogP contribution in [0.5, 0.6) is 5.75 Å². The van der Waals surface area contributed by atoms with Crippen molar-refractivity contribution in [2.45, 2.75) is 26.2 Å². The minimum atomic E-state index is -0.210.